The zero-order valence-electron chi connectivity index (χ0n) is 9.97. The van der Waals surface area contributed by atoms with Crippen LogP contribution in [0.5, 0.6) is 0 Å². The summed E-state index contributed by atoms with van der Waals surface area (Å²) >= 11 is 0. The van der Waals surface area contributed by atoms with Crippen LogP contribution in [0, 0.1) is 0 Å². The molecule has 3 N–H and O–H groups in total. The molecule has 0 aliphatic carbocycles. The molecular weight excluding hydrogens is 222 g/mol. The van der Waals surface area contributed by atoms with Gasteiger partial charge in [-0.25, -0.2) is 4.79 Å². The molecular formula is C11H15N3O3. The van der Waals surface area contributed by atoms with Gasteiger partial charge in [-0.05, 0) is 26.0 Å². The number of likely N-dealkylation sites (N-methyl/N-ethyl adjacent to an activating group) is 1. The number of carboxylic acids is 1. The van der Waals surface area contributed by atoms with Crippen LogP contribution >= 0.6 is 0 Å². The Morgan fingerprint density at radius 3 is 2.53 bits per heavy atom. The minimum Gasteiger partial charge on any atom is -0.480 e. The maximum Gasteiger partial charge on any atom is 0.328 e. The first-order valence-electron chi connectivity index (χ1n) is 5.00. The number of anilines is 1. The molecule has 0 radical (unpaired) electrons. The predicted molar refractivity (Wildman–Crippen MR) is 62.9 cm³/mol. The van der Waals surface area contributed by atoms with Crippen LogP contribution in [0.25, 0.3) is 0 Å². The molecule has 0 unspecified atom stereocenters. The van der Waals surface area contributed by atoms with Crippen molar-refractivity contribution >= 4 is 17.6 Å². The number of amides is 1. The third kappa shape index (κ3) is 2.52. The van der Waals surface area contributed by atoms with E-state index in [1.54, 1.807) is 31.9 Å². The van der Waals surface area contributed by atoms with Gasteiger partial charge in [-0.3, -0.25) is 9.78 Å². The summed E-state index contributed by atoms with van der Waals surface area (Å²) in [7, 11) is 1.63. The third-order valence-electron chi connectivity index (χ3n) is 2.75. The van der Waals surface area contributed by atoms with Crippen molar-refractivity contribution in [3.05, 3.63) is 24.0 Å². The molecule has 0 saturated heterocycles. The summed E-state index contributed by atoms with van der Waals surface area (Å²) in [5.41, 5.74) is 4.71. The SMILES string of the molecule is CN(c1ccnc(C(N)=O)c1)C(C)(C)C(=O)O. The Morgan fingerprint density at radius 1 is 1.47 bits per heavy atom. The lowest BCUT2D eigenvalue weighted by molar-refractivity contribution is -0.142. The maximum atomic E-state index is 11.1. The lowest BCUT2D eigenvalue weighted by atomic mass is 10.0. The monoisotopic (exact) mass is 237 g/mol. The molecule has 0 fully saturated rings. The number of primary amides is 1. The zero-order chi connectivity index (χ0) is 13.2. The third-order valence-corrected chi connectivity index (χ3v) is 2.75. The lowest BCUT2D eigenvalue weighted by Crippen LogP contribution is -2.48. The van der Waals surface area contributed by atoms with Gasteiger partial charge < -0.3 is 15.7 Å². The van der Waals surface area contributed by atoms with Crippen molar-refractivity contribution < 1.29 is 14.7 Å². The first-order chi connectivity index (χ1) is 7.76. The number of carboxylic acid groups (broad SMARTS) is 1. The van der Waals surface area contributed by atoms with E-state index < -0.39 is 17.4 Å². The van der Waals surface area contributed by atoms with Crippen LogP contribution in [0.3, 0.4) is 0 Å². The summed E-state index contributed by atoms with van der Waals surface area (Å²) in [4.78, 5) is 27.4. The molecule has 1 aromatic heterocycles. The van der Waals surface area contributed by atoms with Crippen LogP contribution in [-0.2, 0) is 4.79 Å². The Bertz CT molecular complexity index is 457. The van der Waals surface area contributed by atoms with Gasteiger partial charge in [0, 0.05) is 18.9 Å². The highest BCUT2D eigenvalue weighted by Gasteiger charge is 2.32. The Hall–Kier alpha value is -2.11. The maximum absolute atomic E-state index is 11.1. The summed E-state index contributed by atoms with van der Waals surface area (Å²) in [6.45, 7) is 3.14. The fourth-order valence-electron chi connectivity index (χ4n) is 1.23. The van der Waals surface area contributed by atoms with Crippen LogP contribution in [0.15, 0.2) is 18.3 Å². The minimum atomic E-state index is -1.09. The van der Waals surface area contributed by atoms with E-state index in [1.165, 1.54) is 12.3 Å². The van der Waals surface area contributed by atoms with Crippen LogP contribution < -0.4 is 10.6 Å². The molecule has 1 heterocycles. The fourth-order valence-corrected chi connectivity index (χ4v) is 1.23. The number of hydrogen-bond acceptors (Lipinski definition) is 4. The van der Waals surface area contributed by atoms with E-state index in [9.17, 15) is 9.59 Å². The van der Waals surface area contributed by atoms with E-state index in [2.05, 4.69) is 4.98 Å². The number of aliphatic carboxylic acids is 1. The number of rotatable bonds is 4. The van der Waals surface area contributed by atoms with Gasteiger partial charge in [0.25, 0.3) is 5.91 Å². The van der Waals surface area contributed by atoms with Crippen molar-refractivity contribution in [1.82, 2.24) is 4.98 Å². The molecule has 1 amide bonds. The first kappa shape index (κ1) is 13.0. The van der Waals surface area contributed by atoms with E-state index in [4.69, 9.17) is 10.8 Å². The van der Waals surface area contributed by atoms with Crippen LogP contribution in [0.4, 0.5) is 5.69 Å². The molecule has 0 spiro atoms. The number of nitrogens with zero attached hydrogens (tertiary/aromatic N) is 2. The Balaban J connectivity index is 3.13. The van der Waals surface area contributed by atoms with Crippen molar-refractivity contribution in [2.75, 3.05) is 11.9 Å². The Kier molecular flexibility index (Phi) is 3.36. The first-order valence-corrected chi connectivity index (χ1v) is 5.00. The molecule has 0 bridgehead atoms. The largest absolute Gasteiger partial charge is 0.480 e. The number of pyridine rings is 1. The predicted octanol–water partition coefficient (Wildman–Crippen LogP) is 0.480. The molecule has 6 nitrogen and oxygen atoms in total. The minimum absolute atomic E-state index is 0.107. The number of hydrogen-bond donors (Lipinski definition) is 2. The number of carbonyl (C=O) groups is 2. The van der Waals surface area contributed by atoms with Crippen LogP contribution in [0.2, 0.25) is 0 Å². The van der Waals surface area contributed by atoms with Crippen LogP contribution in [-0.4, -0.2) is 34.6 Å². The van der Waals surface area contributed by atoms with Gasteiger partial charge in [0.15, 0.2) is 0 Å². The van der Waals surface area contributed by atoms with Gasteiger partial charge in [-0.15, -0.1) is 0 Å². The van der Waals surface area contributed by atoms with Crippen molar-refractivity contribution in [2.24, 2.45) is 5.73 Å². The van der Waals surface area contributed by atoms with Gasteiger partial charge in [0.05, 0.1) is 0 Å². The zero-order valence-corrected chi connectivity index (χ0v) is 9.97. The quantitative estimate of drug-likeness (QED) is 0.793. The standard InChI is InChI=1S/C11H15N3O3/c1-11(2,10(16)17)14(3)7-4-5-13-8(6-7)9(12)15/h4-6H,1-3H3,(H2,12,15)(H,16,17). The smallest absolute Gasteiger partial charge is 0.328 e. The average Bonchev–Trinajstić information content (AvgIpc) is 2.27. The molecule has 17 heavy (non-hydrogen) atoms. The van der Waals surface area contributed by atoms with E-state index in [1.807, 2.05) is 0 Å². The highest BCUT2D eigenvalue weighted by Crippen LogP contribution is 2.22. The average molecular weight is 237 g/mol. The van der Waals surface area contributed by atoms with Gasteiger partial charge in [-0.2, -0.15) is 0 Å². The number of aromatic nitrogens is 1. The van der Waals surface area contributed by atoms with Gasteiger partial charge >= 0.3 is 5.97 Å². The number of nitrogens with two attached hydrogens (primary N) is 1. The van der Waals surface area contributed by atoms with Crippen LogP contribution in [0.1, 0.15) is 24.3 Å². The van der Waals surface area contributed by atoms with E-state index >= 15 is 0 Å². The molecule has 0 aromatic carbocycles. The molecule has 6 heteroatoms. The number of carbonyl (C=O) groups excluding carboxylic acids is 1. The lowest BCUT2D eigenvalue weighted by Gasteiger charge is -2.33. The summed E-state index contributed by atoms with van der Waals surface area (Å²) < 4.78 is 0. The highest BCUT2D eigenvalue weighted by atomic mass is 16.4. The fraction of sp³-hybridized carbons (Fsp3) is 0.364. The molecule has 0 saturated carbocycles. The van der Waals surface area contributed by atoms with Crippen molar-refractivity contribution in [1.29, 1.82) is 0 Å². The van der Waals surface area contributed by atoms with Crippen molar-refractivity contribution in [3.63, 3.8) is 0 Å². The summed E-state index contributed by atoms with van der Waals surface area (Å²) in [6.07, 6.45) is 1.42. The van der Waals surface area contributed by atoms with Crippen molar-refractivity contribution in [3.8, 4) is 0 Å². The molecule has 0 aliphatic heterocycles. The topological polar surface area (TPSA) is 96.5 Å². The second-order valence-corrected chi connectivity index (χ2v) is 4.19. The van der Waals surface area contributed by atoms with Gasteiger partial charge in [0.2, 0.25) is 0 Å². The van der Waals surface area contributed by atoms with E-state index in [0.717, 1.165) is 0 Å². The van der Waals surface area contributed by atoms with E-state index in [0.29, 0.717) is 5.69 Å². The van der Waals surface area contributed by atoms with E-state index in [-0.39, 0.29) is 5.69 Å². The molecule has 0 aliphatic rings. The second kappa shape index (κ2) is 4.40. The molecule has 1 aromatic rings. The second-order valence-electron chi connectivity index (χ2n) is 4.19. The van der Waals surface area contributed by atoms with Gasteiger partial charge in [0.1, 0.15) is 11.2 Å². The van der Waals surface area contributed by atoms with Gasteiger partial charge in [-0.1, -0.05) is 0 Å². The summed E-state index contributed by atoms with van der Waals surface area (Å²) in [6, 6.07) is 3.09. The Morgan fingerprint density at radius 2 is 2.06 bits per heavy atom. The van der Waals surface area contributed by atoms with Crippen molar-refractivity contribution in [2.45, 2.75) is 19.4 Å². The summed E-state index contributed by atoms with van der Waals surface area (Å²) in [5, 5.41) is 9.10. The molecule has 92 valence electrons. The Labute approximate surface area is 99.1 Å². The highest BCUT2D eigenvalue weighted by molar-refractivity contribution is 5.92. The normalized spacial score (nSPS) is 11.0. The molecule has 0 atom stereocenters. The summed E-state index contributed by atoms with van der Waals surface area (Å²) in [5.74, 6) is -1.61. The molecule has 1 rings (SSSR count).